The van der Waals surface area contributed by atoms with Crippen LogP contribution in [0.1, 0.15) is 32.4 Å². The Morgan fingerprint density at radius 1 is 1.32 bits per heavy atom. The molecule has 1 amide bonds. The Labute approximate surface area is 150 Å². The third-order valence-corrected chi connectivity index (χ3v) is 4.93. The van der Waals surface area contributed by atoms with Gasteiger partial charge in [0.15, 0.2) is 5.17 Å². The number of hydrogen-bond donors (Lipinski definition) is 0. The van der Waals surface area contributed by atoms with Gasteiger partial charge in [-0.2, -0.15) is 0 Å². The molecule has 2 heterocycles. The molecule has 1 aromatic rings. The minimum Gasteiger partial charge on any atom is -0.494 e. The molecule has 0 aromatic heterocycles. The summed E-state index contributed by atoms with van der Waals surface area (Å²) in [5, 5.41) is 0.617. The largest absolute Gasteiger partial charge is 0.494 e. The van der Waals surface area contributed by atoms with Gasteiger partial charge in [-0.25, -0.2) is 9.79 Å². The summed E-state index contributed by atoms with van der Waals surface area (Å²) in [4.78, 5) is 31.2. The molecule has 0 bridgehead atoms. The summed E-state index contributed by atoms with van der Waals surface area (Å²) in [6.45, 7) is 6.18. The van der Waals surface area contributed by atoms with Crippen LogP contribution < -0.4 is 4.74 Å². The van der Waals surface area contributed by atoms with Crippen molar-refractivity contribution in [2.75, 3.05) is 19.0 Å². The number of allylic oxidation sites excluding steroid dienone is 1. The van der Waals surface area contributed by atoms with Crippen LogP contribution in [-0.4, -0.2) is 40.9 Å². The molecule has 1 fully saturated rings. The average Bonchev–Trinajstić information content (AvgIpc) is 2.95. The number of amidine groups is 1. The molecule has 0 N–H and O–H groups in total. The van der Waals surface area contributed by atoms with E-state index < -0.39 is 12.0 Å². The number of carbonyl (C=O) groups excluding carboxylic acids is 2. The maximum atomic E-state index is 12.6. The van der Waals surface area contributed by atoms with Crippen LogP contribution in [0.25, 0.3) is 0 Å². The molecule has 132 valence electrons. The molecule has 7 heteroatoms. The Hall–Kier alpha value is -2.28. The summed E-state index contributed by atoms with van der Waals surface area (Å²) >= 11 is 1.38. The molecule has 2 aliphatic heterocycles. The van der Waals surface area contributed by atoms with Gasteiger partial charge in [-0.3, -0.25) is 9.69 Å². The first kappa shape index (κ1) is 17.5. The van der Waals surface area contributed by atoms with Gasteiger partial charge in [0, 0.05) is 5.56 Å². The monoisotopic (exact) mass is 360 g/mol. The van der Waals surface area contributed by atoms with Gasteiger partial charge in [-0.1, -0.05) is 30.0 Å². The van der Waals surface area contributed by atoms with Gasteiger partial charge < -0.3 is 9.47 Å². The summed E-state index contributed by atoms with van der Waals surface area (Å²) in [6.07, 6.45) is 0. The molecule has 0 aliphatic carbocycles. The molecular weight excluding hydrogens is 340 g/mol. The molecule has 1 saturated heterocycles. The molecule has 2 aliphatic rings. The number of para-hydroxylation sites is 1. The highest BCUT2D eigenvalue weighted by Gasteiger charge is 2.44. The number of esters is 1. The Bertz CT molecular complexity index is 772. The number of hydrogen-bond acceptors (Lipinski definition) is 6. The third kappa shape index (κ3) is 3.16. The zero-order chi connectivity index (χ0) is 18.0. The summed E-state index contributed by atoms with van der Waals surface area (Å²) in [6, 6.07) is 6.87. The number of aliphatic imine (C=N–C) groups is 1. The zero-order valence-corrected chi connectivity index (χ0v) is 15.3. The Kier molecular flexibility index (Phi) is 5.13. The molecule has 6 nitrogen and oxygen atoms in total. The fourth-order valence-corrected chi connectivity index (χ4v) is 3.94. The highest BCUT2D eigenvalue weighted by molar-refractivity contribution is 8.15. The zero-order valence-electron chi connectivity index (χ0n) is 14.4. The van der Waals surface area contributed by atoms with Crippen LogP contribution in [0.2, 0.25) is 0 Å². The van der Waals surface area contributed by atoms with Crippen molar-refractivity contribution in [2.45, 2.75) is 26.8 Å². The van der Waals surface area contributed by atoms with E-state index in [1.807, 2.05) is 31.2 Å². The minimum absolute atomic E-state index is 0.0747. The van der Waals surface area contributed by atoms with E-state index in [0.717, 1.165) is 5.56 Å². The van der Waals surface area contributed by atoms with Crippen LogP contribution in [0.5, 0.6) is 5.75 Å². The van der Waals surface area contributed by atoms with Crippen LogP contribution in [-0.2, 0) is 14.3 Å². The molecule has 1 atom stereocenters. The highest BCUT2D eigenvalue weighted by Crippen LogP contribution is 2.43. The van der Waals surface area contributed by atoms with Crippen molar-refractivity contribution in [3.05, 3.63) is 41.1 Å². The van der Waals surface area contributed by atoms with Crippen molar-refractivity contribution in [1.82, 2.24) is 4.90 Å². The second-order valence-electron chi connectivity index (χ2n) is 5.54. The van der Waals surface area contributed by atoms with Gasteiger partial charge >= 0.3 is 5.97 Å². The maximum Gasteiger partial charge on any atom is 0.338 e. The quantitative estimate of drug-likeness (QED) is 0.755. The first-order valence-electron chi connectivity index (χ1n) is 8.21. The first-order chi connectivity index (χ1) is 12.1. The first-order valence-corrected chi connectivity index (χ1v) is 9.20. The van der Waals surface area contributed by atoms with Crippen molar-refractivity contribution in [2.24, 2.45) is 4.99 Å². The highest BCUT2D eigenvalue weighted by atomic mass is 32.2. The van der Waals surface area contributed by atoms with E-state index in [9.17, 15) is 9.59 Å². The van der Waals surface area contributed by atoms with Gasteiger partial charge in [0.2, 0.25) is 5.91 Å². The van der Waals surface area contributed by atoms with Crippen molar-refractivity contribution in [1.29, 1.82) is 0 Å². The standard InChI is InChI=1S/C18H20N2O4S/c1-4-23-13-9-7-6-8-12(13)16-15(17(22)24-5-2)11(3)19-18-20(16)14(21)10-25-18/h6-9,16H,4-5,10H2,1-3H3. The number of ether oxygens (including phenoxy) is 2. The van der Waals surface area contributed by atoms with Crippen molar-refractivity contribution < 1.29 is 19.1 Å². The van der Waals surface area contributed by atoms with E-state index in [4.69, 9.17) is 9.47 Å². The number of rotatable bonds is 5. The molecule has 0 spiro atoms. The van der Waals surface area contributed by atoms with E-state index in [2.05, 4.69) is 4.99 Å². The molecule has 1 unspecified atom stereocenters. The lowest BCUT2D eigenvalue weighted by Crippen LogP contribution is -2.39. The van der Waals surface area contributed by atoms with E-state index in [1.165, 1.54) is 11.8 Å². The molecule has 0 radical (unpaired) electrons. The average molecular weight is 360 g/mol. The van der Waals surface area contributed by atoms with Gasteiger partial charge in [0.05, 0.1) is 30.2 Å². The third-order valence-electron chi connectivity index (χ3n) is 3.99. The van der Waals surface area contributed by atoms with Crippen LogP contribution in [0.15, 0.2) is 40.5 Å². The molecule has 25 heavy (non-hydrogen) atoms. The number of nitrogens with zero attached hydrogens (tertiary/aromatic N) is 2. The Balaban J connectivity index is 2.17. The van der Waals surface area contributed by atoms with Gasteiger partial charge in [-0.05, 0) is 26.8 Å². The van der Waals surface area contributed by atoms with Gasteiger partial charge in [0.1, 0.15) is 11.8 Å². The van der Waals surface area contributed by atoms with Crippen LogP contribution in [0.4, 0.5) is 0 Å². The van der Waals surface area contributed by atoms with Crippen LogP contribution >= 0.6 is 11.8 Å². The topological polar surface area (TPSA) is 68.2 Å². The van der Waals surface area contributed by atoms with E-state index in [-0.39, 0.29) is 12.5 Å². The molecule has 0 saturated carbocycles. The fourth-order valence-electron chi connectivity index (χ4n) is 3.00. The Morgan fingerprint density at radius 2 is 2.08 bits per heavy atom. The lowest BCUT2D eigenvalue weighted by atomic mass is 9.93. The predicted molar refractivity (Wildman–Crippen MR) is 96.4 cm³/mol. The SMILES string of the molecule is CCOC(=O)C1=C(C)N=C2SCC(=O)N2C1c1ccccc1OCC. The summed E-state index contributed by atoms with van der Waals surface area (Å²) < 4.78 is 11.0. The lowest BCUT2D eigenvalue weighted by Gasteiger charge is -2.33. The second kappa shape index (κ2) is 7.31. The molecular formula is C18H20N2O4S. The molecule has 3 rings (SSSR count). The fraction of sp³-hybridized carbons (Fsp3) is 0.389. The summed E-state index contributed by atoms with van der Waals surface area (Å²) in [7, 11) is 0. The Morgan fingerprint density at radius 3 is 2.80 bits per heavy atom. The number of fused-ring (bicyclic) bond motifs is 1. The predicted octanol–water partition coefficient (Wildman–Crippen LogP) is 2.91. The number of carbonyl (C=O) groups is 2. The number of benzene rings is 1. The normalized spacial score (nSPS) is 19.6. The minimum atomic E-state index is -0.586. The number of amides is 1. The van der Waals surface area contributed by atoms with Crippen LogP contribution in [0.3, 0.4) is 0 Å². The van der Waals surface area contributed by atoms with E-state index in [1.54, 1.807) is 18.7 Å². The molecule has 1 aromatic carbocycles. The van der Waals surface area contributed by atoms with Crippen LogP contribution in [0, 0.1) is 0 Å². The number of thioether (sulfide) groups is 1. The second-order valence-corrected chi connectivity index (χ2v) is 6.48. The van der Waals surface area contributed by atoms with Crippen molar-refractivity contribution >= 4 is 28.8 Å². The maximum absolute atomic E-state index is 12.6. The van der Waals surface area contributed by atoms with E-state index >= 15 is 0 Å². The van der Waals surface area contributed by atoms with Gasteiger partial charge in [-0.15, -0.1) is 0 Å². The van der Waals surface area contributed by atoms with E-state index in [0.29, 0.717) is 34.5 Å². The van der Waals surface area contributed by atoms with Crippen molar-refractivity contribution in [3.63, 3.8) is 0 Å². The summed E-state index contributed by atoms with van der Waals surface area (Å²) in [5.74, 6) is 0.434. The lowest BCUT2D eigenvalue weighted by molar-refractivity contribution is -0.139. The smallest absolute Gasteiger partial charge is 0.338 e. The summed E-state index contributed by atoms with van der Waals surface area (Å²) in [5.41, 5.74) is 1.71. The van der Waals surface area contributed by atoms with Gasteiger partial charge in [0.25, 0.3) is 0 Å². The van der Waals surface area contributed by atoms with Crippen molar-refractivity contribution in [3.8, 4) is 5.75 Å².